The molecule has 3 aromatic rings. The Labute approximate surface area is 138 Å². The van der Waals surface area contributed by atoms with E-state index < -0.39 is 28.7 Å². The van der Waals surface area contributed by atoms with E-state index in [1.54, 1.807) is 0 Å². The fourth-order valence-corrected chi connectivity index (χ4v) is 2.73. The average Bonchev–Trinajstić information content (AvgIpc) is 2.92. The number of rotatable bonds is 2. The molecule has 0 bridgehead atoms. The Morgan fingerprint density at radius 2 is 1.92 bits per heavy atom. The molecule has 0 spiro atoms. The quantitative estimate of drug-likeness (QED) is 0.762. The molecule has 0 saturated carbocycles. The third kappa shape index (κ3) is 2.40. The van der Waals surface area contributed by atoms with Crippen LogP contribution in [0, 0.1) is 0 Å². The van der Waals surface area contributed by atoms with Gasteiger partial charge in [-0.25, -0.2) is 0 Å². The van der Waals surface area contributed by atoms with Gasteiger partial charge >= 0.3 is 6.18 Å². The van der Waals surface area contributed by atoms with Crippen LogP contribution in [-0.2, 0) is 12.6 Å². The second-order valence-corrected chi connectivity index (χ2v) is 5.76. The molecule has 1 aromatic carbocycles. The van der Waals surface area contributed by atoms with Crippen LogP contribution in [-0.4, -0.2) is 15.8 Å². The van der Waals surface area contributed by atoms with Crippen LogP contribution in [0.5, 0.6) is 0 Å². The number of aliphatic hydroxyl groups is 1. The third-order valence-electron chi connectivity index (χ3n) is 3.77. The molecule has 0 aliphatic rings. The Morgan fingerprint density at radius 1 is 1.21 bits per heavy atom. The van der Waals surface area contributed by atoms with Gasteiger partial charge in [-0.1, -0.05) is 11.6 Å². The second kappa shape index (κ2) is 5.39. The summed E-state index contributed by atoms with van der Waals surface area (Å²) in [6.45, 7) is 0. The highest BCUT2D eigenvalue weighted by atomic mass is 35.5. The predicted molar refractivity (Wildman–Crippen MR) is 82.0 cm³/mol. The van der Waals surface area contributed by atoms with Gasteiger partial charge in [0, 0.05) is 24.3 Å². The molecule has 1 unspecified atom stereocenters. The lowest BCUT2D eigenvalue weighted by atomic mass is 9.94. The van der Waals surface area contributed by atoms with Gasteiger partial charge < -0.3 is 14.1 Å². The van der Waals surface area contributed by atoms with Gasteiger partial charge in [-0.05, 0) is 30.3 Å². The first kappa shape index (κ1) is 16.6. The van der Waals surface area contributed by atoms with Crippen LogP contribution in [0.2, 0.25) is 5.02 Å². The summed E-state index contributed by atoms with van der Waals surface area (Å²) in [5, 5.41) is 10.8. The number of nitrogens with zero attached hydrogens (tertiary/aromatic N) is 1. The number of fused-ring (bicyclic) bond motifs is 1. The van der Waals surface area contributed by atoms with E-state index in [1.165, 1.54) is 37.5 Å². The minimum atomic E-state index is -5.10. The number of hydrogen-bond donors (Lipinski definition) is 1. The number of halogens is 4. The number of aromatic nitrogens is 1. The molecule has 4 nitrogen and oxygen atoms in total. The van der Waals surface area contributed by atoms with Crippen LogP contribution in [0.25, 0.3) is 11.0 Å². The number of alkyl halides is 3. The van der Waals surface area contributed by atoms with Gasteiger partial charge in [-0.3, -0.25) is 4.79 Å². The summed E-state index contributed by atoms with van der Waals surface area (Å²) < 4.78 is 47.4. The number of aryl methyl sites for hydroxylation is 1. The number of benzene rings is 1. The van der Waals surface area contributed by atoms with Crippen molar-refractivity contribution in [1.29, 1.82) is 0 Å². The molecule has 2 aromatic heterocycles. The van der Waals surface area contributed by atoms with Crippen molar-refractivity contribution in [3.8, 4) is 0 Å². The van der Waals surface area contributed by atoms with Crippen LogP contribution < -0.4 is 5.43 Å². The molecule has 126 valence electrons. The van der Waals surface area contributed by atoms with Crippen molar-refractivity contribution >= 4 is 22.6 Å². The van der Waals surface area contributed by atoms with Crippen molar-refractivity contribution in [1.82, 2.24) is 4.57 Å². The van der Waals surface area contributed by atoms with Crippen molar-refractivity contribution < 1.29 is 22.7 Å². The van der Waals surface area contributed by atoms with E-state index in [-0.39, 0.29) is 16.0 Å². The summed E-state index contributed by atoms with van der Waals surface area (Å²) in [6.07, 6.45) is -3.75. The topological polar surface area (TPSA) is 55.4 Å². The SMILES string of the molecule is Cn1cccc1C(O)(c1cc(=O)c2cc(Cl)ccc2o1)C(F)(F)F. The van der Waals surface area contributed by atoms with Crippen molar-refractivity contribution in [2.45, 2.75) is 11.8 Å². The lowest BCUT2D eigenvalue weighted by Crippen LogP contribution is -2.45. The Balaban J connectivity index is 2.35. The molecule has 1 N–H and O–H groups in total. The summed E-state index contributed by atoms with van der Waals surface area (Å²) in [4.78, 5) is 12.2. The molecular formula is C16H11ClF3NO3. The Kier molecular flexibility index (Phi) is 3.73. The first-order valence-electron chi connectivity index (χ1n) is 6.79. The monoisotopic (exact) mass is 357 g/mol. The van der Waals surface area contributed by atoms with Crippen molar-refractivity contribution in [3.05, 3.63) is 69.3 Å². The molecule has 0 aliphatic carbocycles. The van der Waals surface area contributed by atoms with Crippen LogP contribution in [0.4, 0.5) is 13.2 Å². The zero-order chi connectivity index (χ0) is 17.7. The molecule has 0 fully saturated rings. The van der Waals surface area contributed by atoms with Gasteiger partial charge in [-0.2, -0.15) is 13.2 Å². The Bertz CT molecular complexity index is 977. The average molecular weight is 358 g/mol. The first-order valence-corrected chi connectivity index (χ1v) is 7.17. The van der Waals surface area contributed by atoms with Gasteiger partial charge in [0.05, 0.1) is 11.1 Å². The largest absolute Gasteiger partial charge is 0.457 e. The van der Waals surface area contributed by atoms with Gasteiger partial charge in [0.2, 0.25) is 0 Å². The van der Waals surface area contributed by atoms with Crippen LogP contribution in [0.3, 0.4) is 0 Å². The van der Waals surface area contributed by atoms with Gasteiger partial charge in [0.25, 0.3) is 5.60 Å². The molecule has 8 heteroatoms. The van der Waals surface area contributed by atoms with Crippen molar-refractivity contribution in [3.63, 3.8) is 0 Å². The molecule has 24 heavy (non-hydrogen) atoms. The standard InChI is InChI=1S/C16H11ClF3NO3/c1-21-6-2-3-13(21)15(23,16(18,19)20)14-8-11(22)10-7-9(17)4-5-12(10)24-14/h2-8,23H,1H3. The summed E-state index contributed by atoms with van der Waals surface area (Å²) in [5.41, 5.74) is -4.76. The van der Waals surface area contributed by atoms with E-state index in [1.807, 2.05) is 0 Å². The zero-order valence-corrected chi connectivity index (χ0v) is 13.0. The van der Waals surface area contributed by atoms with Crippen LogP contribution in [0.1, 0.15) is 11.5 Å². The maximum Gasteiger partial charge on any atom is 0.430 e. The van der Waals surface area contributed by atoms with Gasteiger partial charge in [-0.15, -0.1) is 0 Å². The molecule has 1 atom stereocenters. The lowest BCUT2D eigenvalue weighted by molar-refractivity contribution is -0.256. The van der Waals surface area contributed by atoms with Crippen LogP contribution >= 0.6 is 11.6 Å². The highest BCUT2D eigenvalue weighted by Gasteiger charge is 2.60. The van der Waals surface area contributed by atoms with E-state index in [9.17, 15) is 23.1 Å². The third-order valence-corrected chi connectivity index (χ3v) is 4.01. The summed E-state index contributed by atoms with van der Waals surface area (Å²) in [6, 6.07) is 7.06. The highest BCUT2D eigenvalue weighted by Crippen LogP contribution is 2.44. The van der Waals surface area contributed by atoms with Crippen molar-refractivity contribution in [2.24, 2.45) is 7.05 Å². The molecule has 0 radical (unpaired) electrons. The van der Waals surface area contributed by atoms with E-state index in [0.717, 1.165) is 10.6 Å². The summed E-state index contributed by atoms with van der Waals surface area (Å²) in [5.74, 6) is -0.906. The smallest absolute Gasteiger partial charge is 0.430 e. The van der Waals surface area contributed by atoms with E-state index in [0.29, 0.717) is 6.07 Å². The fraction of sp³-hybridized carbons (Fsp3) is 0.188. The van der Waals surface area contributed by atoms with Crippen LogP contribution in [0.15, 0.2) is 51.8 Å². The Morgan fingerprint density at radius 3 is 2.50 bits per heavy atom. The first-order chi connectivity index (χ1) is 11.1. The normalized spacial score (nSPS) is 14.8. The zero-order valence-electron chi connectivity index (χ0n) is 12.3. The van der Waals surface area contributed by atoms with E-state index in [2.05, 4.69) is 0 Å². The highest BCUT2D eigenvalue weighted by molar-refractivity contribution is 6.31. The number of hydrogen-bond acceptors (Lipinski definition) is 3. The molecule has 0 aliphatic heterocycles. The van der Waals surface area contributed by atoms with E-state index >= 15 is 0 Å². The molecule has 0 amide bonds. The molecule has 2 heterocycles. The second-order valence-electron chi connectivity index (χ2n) is 5.33. The predicted octanol–water partition coefficient (Wildman–Crippen LogP) is 3.58. The molecule has 0 saturated heterocycles. The maximum atomic E-state index is 13.7. The van der Waals surface area contributed by atoms with E-state index in [4.69, 9.17) is 16.0 Å². The summed E-state index contributed by atoms with van der Waals surface area (Å²) in [7, 11) is 1.35. The lowest BCUT2D eigenvalue weighted by Gasteiger charge is -2.30. The minimum Gasteiger partial charge on any atom is -0.457 e. The maximum absolute atomic E-state index is 13.7. The van der Waals surface area contributed by atoms with Gasteiger partial charge in [0.1, 0.15) is 5.58 Å². The molecular weight excluding hydrogens is 347 g/mol. The summed E-state index contributed by atoms with van der Waals surface area (Å²) >= 11 is 5.78. The fourth-order valence-electron chi connectivity index (χ4n) is 2.55. The Hall–Kier alpha value is -2.25. The minimum absolute atomic E-state index is 0.0302. The molecule has 3 rings (SSSR count). The van der Waals surface area contributed by atoms with Gasteiger partial charge in [0.15, 0.2) is 11.2 Å². The van der Waals surface area contributed by atoms with Crippen molar-refractivity contribution in [2.75, 3.05) is 0 Å².